The van der Waals surface area contributed by atoms with Gasteiger partial charge in [-0.3, -0.25) is 20.4 Å². The van der Waals surface area contributed by atoms with Crippen molar-refractivity contribution in [2.24, 2.45) is 4.99 Å². The summed E-state index contributed by atoms with van der Waals surface area (Å²) in [5.74, 6) is -0.395. The van der Waals surface area contributed by atoms with E-state index in [2.05, 4.69) is 25.9 Å². The molecule has 2 aromatic carbocycles. The molecule has 38 heavy (non-hydrogen) atoms. The molecule has 0 radical (unpaired) electrons. The van der Waals surface area contributed by atoms with Crippen LogP contribution in [0.5, 0.6) is 0 Å². The second kappa shape index (κ2) is 10.1. The van der Waals surface area contributed by atoms with Gasteiger partial charge in [0.1, 0.15) is 23.2 Å². The Morgan fingerprint density at radius 3 is 2.76 bits per heavy atom. The number of hydrogen-bond acceptors (Lipinski definition) is 9. The van der Waals surface area contributed by atoms with E-state index in [1.807, 2.05) is 19.1 Å². The smallest absolute Gasteiger partial charge is 0.302 e. The zero-order valence-electron chi connectivity index (χ0n) is 20.6. The average molecular weight is 536 g/mol. The number of rotatable bonds is 5. The molecule has 0 fully saturated rings. The Balaban J connectivity index is 1.49. The molecule has 1 amide bonds. The van der Waals surface area contributed by atoms with Crippen molar-refractivity contribution in [3.63, 3.8) is 0 Å². The van der Waals surface area contributed by atoms with Crippen LogP contribution < -0.4 is 21.0 Å². The van der Waals surface area contributed by atoms with Crippen molar-refractivity contribution >= 4 is 52.1 Å². The first kappa shape index (κ1) is 25.2. The maximum atomic E-state index is 13.6. The number of hydrogen-bond donors (Lipinski definition) is 4. The lowest BCUT2D eigenvalue weighted by molar-refractivity contribution is -0.113. The van der Waals surface area contributed by atoms with E-state index in [4.69, 9.17) is 21.0 Å². The predicted octanol–water partition coefficient (Wildman–Crippen LogP) is 5.17. The topological polar surface area (TPSA) is 128 Å². The first-order chi connectivity index (χ1) is 18.2. The van der Waals surface area contributed by atoms with Gasteiger partial charge in [-0.05, 0) is 43.7 Å². The molecule has 1 atom stereocenters. The van der Waals surface area contributed by atoms with Crippen LogP contribution in [-0.2, 0) is 4.79 Å². The van der Waals surface area contributed by atoms with E-state index in [0.717, 1.165) is 10.6 Å². The number of hydroxylamine groups is 1. The van der Waals surface area contributed by atoms with Gasteiger partial charge in [0.05, 0.1) is 11.3 Å². The number of carbonyl (C=O) groups is 1. The minimum absolute atomic E-state index is 0.0976. The first-order valence-electron chi connectivity index (χ1n) is 11.5. The highest BCUT2D eigenvalue weighted by atomic mass is 35.5. The van der Waals surface area contributed by atoms with Gasteiger partial charge < -0.3 is 15.1 Å². The highest BCUT2D eigenvalue weighted by Gasteiger charge is 2.31. The van der Waals surface area contributed by atoms with E-state index in [1.54, 1.807) is 19.1 Å². The van der Waals surface area contributed by atoms with Crippen LogP contribution in [0.3, 0.4) is 0 Å². The summed E-state index contributed by atoms with van der Waals surface area (Å²) in [6, 6.07) is 12.0. The van der Waals surface area contributed by atoms with E-state index in [-0.39, 0.29) is 23.4 Å². The Morgan fingerprint density at radius 1 is 1.18 bits per heavy atom. The van der Waals surface area contributed by atoms with Crippen LogP contribution >= 0.6 is 11.6 Å². The molecule has 3 heterocycles. The number of benzene rings is 2. The van der Waals surface area contributed by atoms with Crippen molar-refractivity contribution < 1.29 is 18.8 Å². The molecular weight excluding hydrogens is 513 g/mol. The Morgan fingerprint density at radius 2 is 2.00 bits per heavy atom. The Bertz CT molecular complexity index is 1620. The molecule has 2 aromatic heterocycles. The molecule has 194 valence electrons. The number of allylic oxidation sites excluding steroid dienone is 1. The number of carbonyl (C=O) groups excluding carboxylic acids is 1. The minimum atomic E-state index is -0.794. The number of nitrogens with zero attached hydrogens (tertiary/aromatic N) is 4. The number of oxazole rings is 1. The Hall–Kier alpha value is -4.48. The quantitative estimate of drug-likeness (QED) is 0.258. The van der Waals surface area contributed by atoms with Gasteiger partial charge in [0, 0.05) is 41.7 Å². The summed E-state index contributed by atoms with van der Waals surface area (Å²) in [7, 11) is 1.46. The number of halogens is 2. The van der Waals surface area contributed by atoms with Crippen LogP contribution in [-0.4, -0.2) is 34.1 Å². The third kappa shape index (κ3) is 5.15. The average Bonchev–Trinajstić information content (AvgIpc) is 3.25. The fourth-order valence-corrected chi connectivity index (χ4v) is 4.38. The van der Waals surface area contributed by atoms with E-state index in [1.165, 1.54) is 37.5 Å². The third-order valence-electron chi connectivity index (χ3n) is 5.87. The minimum Gasteiger partial charge on any atom is -0.423 e. The van der Waals surface area contributed by atoms with Gasteiger partial charge in [0.25, 0.3) is 5.91 Å². The van der Waals surface area contributed by atoms with Crippen molar-refractivity contribution in [3.8, 4) is 0 Å². The number of aliphatic imine (C=N–C) groups is 1. The number of nitrogens with one attached hydrogen (secondary N) is 3. The van der Waals surface area contributed by atoms with Gasteiger partial charge in [-0.25, -0.2) is 14.4 Å². The number of guanidine groups is 1. The van der Waals surface area contributed by atoms with Crippen molar-refractivity contribution in [1.82, 2.24) is 15.3 Å². The molecule has 0 aliphatic carbocycles. The van der Waals surface area contributed by atoms with E-state index in [0.29, 0.717) is 33.1 Å². The van der Waals surface area contributed by atoms with E-state index >= 15 is 0 Å². The van der Waals surface area contributed by atoms with Crippen molar-refractivity contribution in [2.45, 2.75) is 19.9 Å². The monoisotopic (exact) mass is 535 g/mol. The summed E-state index contributed by atoms with van der Waals surface area (Å²) in [6.07, 6.45) is 1.47. The van der Waals surface area contributed by atoms with Crippen LogP contribution in [0.2, 0.25) is 5.02 Å². The van der Waals surface area contributed by atoms with Crippen LogP contribution in [0.4, 0.5) is 21.9 Å². The SMILES string of the molecule is CC1=C(C(=O)Nc2cc(N(C)O)ccn2)C(c2ccc(C)cc2Cl)N=C(Nc2nc3ccc(F)cc3o2)N1. The zero-order chi connectivity index (χ0) is 27.0. The molecule has 10 nitrogen and oxygen atoms in total. The summed E-state index contributed by atoms with van der Waals surface area (Å²) in [6.45, 7) is 3.64. The number of fused-ring (bicyclic) bond motifs is 1. The lowest BCUT2D eigenvalue weighted by atomic mass is 9.95. The van der Waals surface area contributed by atoms with Gasteiger partial charge in [-0.15, -0.1) is 0 Å². The molecule has 4 N–H and O–H groups in total. The van der Waals surface area contributed by atoms with Crippen LogP contribution in [0.15, 0.2) is 75.4 Å². The molecule has 0 saturated heterocycles. The zero-order valence-corrected chi connectivity index (χ0v) is 21.3. The number of amides is 1. The van der Waals surface area contributed by atoms with Crippen LogP contribution in [0, 0.1) is 12.7 Å². The van der Waals surface area contributed by atoms with Crippen LogP contribution in [0.1, 0.15) is 24.1 Å². The van der Waals surface area contributed by atoms with E-state index < -0.39 is 17.8 Å². The van der Waals surface area contributed by atoms with Gasteiger partial charge in [-0.2, -0.15) is 4.98 Å². The summed E-state index contributed by atoms with van der Waals surface area (Å²) in [5, 5.41) is 19.9. The Labute approximate surface area is 221 Å². The second-order valence-corrected chi connectivity index (χ2v) is 9.11. The van der Waals surface area contributed by atoms with Gasteiger partial charge >= 0.3 is 6.01 Å². The summed E-state index contributed by atoms with van der Waals surface area (Å²) in [5.41, 5.74) is 3.57. The molecule has 0 saturated carbocycles. The van der Waals surface area contributed by atoms with Gasteiger partial charge in [0.15, 0.2) is 5.58 Å². The van der Waals surface area contributed by atoms with Crippen molar-refractivity contribution in [1.29, 1.82) is 0 Å². The number of aryl methyl sites for hydroxylation is 1. The molecule has 1 unspecified atom stereocenters. The molecule has 0 bridgehead atoms. The predicted molar refractivity (Wildman–Crippen MR) is 143 cm³/mol. The standard InChI is InChI=1S/C26H23ClFN7O3/c1-13-4-6-17(18(27)10-13)23-22(24(36)32-21-12-16(35(3)37)8-9-29-21)14(2)30-25(33-23)34-26-31-19-7-5-15(28)11-20(19)38-26/h4-12,23,37H,1-3H3,(H,29,32,36)(H2,30,31,33,34). The highest BCUT2D eigenvalue weighted by molar-refractivity contribution is 6.31. The van der Waals surface area contributed by atoms with Gasteiger partial charge in [-0.1, -0.05) is 23.7 Å². The fourth-order valence-electron chi connectivity index (χ4n) is 4.04. The van der Waals surface area contributed by atoms with Crippen LogP contribution in [0.25, 0.3) is 11.1 Å². The fraction of sp³-hybridized carbons (Fsp3) is 0.154. The molecule has 12 heteroatoms. The molecule has 1 aliphatic rings. The summed E-state index contributed by atoms with van der Waals surface area (Å²) >= 11 is 6.60. The Kier molecular flexibility index (Phi) is 6.70. The number of anilines is 3. The normalized spacial score (nSPS) is 15.2. The number of aromatic nitrogens is 2. The lowest BCUT2D eigenvalue weighted by Crippen LogP contribution is -2.37. The molecule has 5 rings (SSSR count). The molecule has 1 aliphatic heterocycles. The maximum Gasteiger partial charge on any atom is 0.302 e. The van der Waals surface area contributed by atoms with E-state index in [9.17, 15) is 14.4 Å². The summed E-state index contributed by atoms with van der Waals surface area (Å²) in [4.78, 5) is 26.7. The number of pyridine rings is 1. The molecular formula is C26H23ClFN7O3. The van der Waals surface area contributed by atoms with Crippen molar-refractivity contribution in [2.75, 3.05) is 22.7 Å². The summed E-state index contributed by atoms with van der Waals surface area (Å²) < 4.78 is 19.2. The highest BCUT2D eigenvalue weighted by Crippen LogP contribution is 2.36. The largest absolute Gasteiger partial charge is 0.423 e. The lowest BCUT2D eigenvalue weighted by Gasteiger charge is -2.27. The first-order valence-corrected chi connectivity index (χ1v) is 11.9. The molecule has 4 aromatic rings. The second-order valence-electron chi connectivity index (χ2n) is 8.70. The third-order valence-corrected chi connectivity index (χ3v) is 6.20. The van der Waals surface area contributed by atoms with Gasteiger partial charge in [0.2, 0.25) is 5.96 Å². The maximum absolute atomic E-state index is 13.6. The molecule has 0 spiro atoms. The van der Waals surface area contributed by atoms with Crippen molar-refractivity contribution in [3.05, 3.63) is 88.0 Å².